The molecule has 0 fully saturated rings. The van der Waals surface area contributed by atoms with Gasteiger partial charge >= 0.3 is 5.97 Å². The number of aromatic nitrogens is 1. The van der Waals surface area contributed by atoms with Gasteiger partial charge < -0.3 is 9.64 Å². The molecule has 0 aliphatic heterocycles. The predicted molar refractivity (Wildman–Crippen MR) is 98.8 cm³/mol. The number of carbonyl (C=O) groups excluding carboxylic acids is 2. The molecule has 0 bridgehead atoms. The van der Waals surface area contributed by atoms with Gasteiger partial charge in [0.05, 0.1) is 13.7 Å². The van der Waals surface area contributed by atoms with Crippen molar-refractivity contribution in [1.29, 1.82) is 0 Å². The molecule has 0 radical (unpaired) electrons. The van der Waals surface area contributed by atoms with E-state index in [1.807, 2.05) is 36.1 Å². The lowest BCUT2D eigenvalue weighted by molar-refractivity contribution is 0.0594. The number of amides is 1. The number of hydrogen-bond donors (Lipinski definition) is 0. The summed E-state index contributed by atoms with van der Waals surface area (Å²) in [5, 5.41) is 2.39. The topological polar surface area (TPSA) is 59.5 Å². The molecule has 0 N–H and O–H groups in total. The molecule has 0 aliphatic carbocycles. The second kappa shape index (κ2) is 8.76. The van der Waals surface area contributed by atoms with Crippen LogP contribution >= 0.6 is 11.3 Å². The van der Waals surface area contributed by atoms with Crippen molar-refractivity contribution in [3.63, 3.8) is 0 Å². The summed E-state index contributed by atoms with van der Waals surface area (Å²) in [6, 6.07) is 7.59. The van der Waals surface area contributed by atoms with Crippen molar-refractivity contribution in [2.24, 2.45) is 5.92 Å². The zero-order valence-corrected chi connectivity index (χ0v) is 15.9. The highest BCUT2D eigenvalue weighted by Crippen LogP contribution is 2.18. The summed E-state index contributed by atoms with van der Waals surface area (Å²) in [4.78, 5) is 30.7. The molecule has 2 aromatic rings. The summed E-state index contributed by atoms with van der Waals surface area (Å²) < 4.78 is 4.69. The SMILES string of the molecule is COC(=O)c1csc(CN(CCC(C)C)C(=O)c2ccccc2C)n1. The van der Waals surface area contributed by atoms with Gasteiger partial charge in [0.2, 0.25) is 0 Å². The van der Waals surface area contributed by atoms with Gasteiger partial charge in [0.15, 0.2) is 5.69 Å². The predicted octanol–water partition coefficient (Wildman–Crippen LogP) is 3.93. The van der Waals surface area contributed by atoms with Crippen LogP contribution in [0.5, 0.6) is 0 Å². The highest BCUT2D eigenvalue weighted by Gasteiger charge is 2.20. The normalized spacial score (nSPS) is 10.8. The molecule has 1 aromatic carbocycles. The van der Waals surface area contributed by atoms with Crippen molar-refractivity contribution >= 4 is 23.2 Å². The molecular formula is C19H24N2O3S. The maximum atomic E-state index is 13.0. The summed E-state index contributed by atoms with van der Waals surface area (Å²) in [6.07, 6.45) is 0.910. The van der Waals surface area contributed by atoms with E-state index in [-0.39, 0.29) is 11.6 Å². The summed E-state index contributed by atoms with van der Waals surface area (Å²) >= 11 is 1.37. The first kappa shape index (κ1) is 19.1. The van der Waals surface area contributed by atoms with E-state index in [1.54, 1.807) is 5.38 Å². The molecule has 0 atom stereocenters. The number of benzene rings is 1. The number of esters is 1. The molecule has 0 spiro atoms. The van der Waals surface area contributed by atoms with Gasteiger partial charge in [0.25, 0.3) is 5.91 Å². The number of hydrogen-bond acceptors (Lipinski definition) is 5. The number of nitrogens with zero attached hydrogens (tertiary/aromatic N) is 2. The van der Waals surface area contributed by atoms with Gasteiger partial charge in [-0.05, 0) is 30.9 Å². The zero-order valence-electron chi connectivity index (χ0n) is 15.1. The second-order valence-corrected chi connectivity index (χ2v) is 7.28. The van der Waals surface area contributed by atoms with E-state index >= 15 is 0 Å². The number of carbonyl (C=O) groups is 2. The minimum Gasteiger partial charge on any atom is -0.464 e. The van der Waals surface area contributed by atoms with Gasteiger partial charge in [-0.25, -0.2) is 9.78 Å². The first-order valence-corrected chi connectivity index (χ1v) is 9.18. The van der Waals surface area contributed by atoms with Crippen LogP contribution in [0, 0.1) is 12.8 Å². The van der Waals surface area contributed by atoms with Crippen molar-refractivity contribution in [3.05, 3.63) is 51.5 Å². The van der Waals surface area contributed by atoms with Crippen LogP contribution in [-0.2, 0) is 11.3 Å². The Bertz CT molecular complexity index is 740. The Morgan fingerprint density at radius 1 is 1.28 bits per heavy atom. The third kappa shape index (κ3) is 5.13. The average Bonchev–Trinajstić information content (AvgIpc) is 3.06. The Labute approximate surface area is 152 Å². The van der Waals surface area contributed by atoms with Crippen molar-refractivity contribution in [1.82, 2.24) is 9.88 Å². The van der Waals surface area contributed by atoms with E-state index in [4.69, 9.17) is 4.74 Å². The van der Waals surface area contributed by atoms with Gasteiger partial charge in [0.1, 0.15) is 5.01 Å². The minimum atomic E-state index is -0.457. The molecular weight excluding hydrogens is 336 g/mol. The van der Waals surface area contributed by atoms with E-state index in [0.29, 0.717) is 24.6 Å². The minimum absolute atomic E-state index is 0.00596. The van der Waals surface area contributed by atoms with E-state index in [9.17, 15) is 9.59 Å². The molecule has 25 heavy (non-hydrogen) atoms. The molecule has 1 amide bonds. The van der Waals surface area contributed by atoms with Crippen LogP contribution in [0.2, 0.25) is 0 Å². The Morgan fingerprint density at radius 3 is 2.64 bits per heavy atom. The van der Waals surface area contributed by atoms with Crippen molar-refractivity contribution in [3.8, 4) is 0 Å². The number of ether oxygens (including phenoxy) is 1. The number of methoxy groups -OCH3 is 1. The third-order valence-electron chi connectivity index (χ3n) is 3.91. The Hall–Kier alpha value is -2.21. The van der Waals surface area contributed by atoms with Crippen molar-refractivity contribution in [2.75, 3.05) is 13.7 Å². The lowest BCUT2D eigenvalue weighted by Gasteiger charge is -2.23. The van der Waals surface area contributed by atoms with E-state index in [2.05, 4.69) is 18.8 Å². The van der Waals surface area contributed by atoms with E-state index < -0.39 is 5.97 Å². The fraction of sp³-hybridized carbons (Fsp3) is 0.421. The zero-order chi connectivity index (χ0) is 18.4. The molecule has 1 heterocycles. The van der Waals surface area contributed by atoms with Crippen molar-refractivity contribution < 1.29 is 14.3 Å². The quantitative estimate of drug-likeness (QED) is 0.702. The van der Waals surface area contributed by atoms with Crippen molar-refractivity contribution in [2.45, 2.75) is 33.7 Å². The first-order valence-electron chi connectivity index (χ1n) is 8.30. The number of thiazole rings is 1. The Kier molecular flexibility index (Phi) is 6.70. The highest BCUT2D eigenvalue weighted by atomic mass is 32.1. The molecule has 1 aromatic heterocycles. The number of rotatable bonds is 7. The molecule has 134 valence electrons. The van der Waals surface area contributed by atoms with Gasteiger partial charge in [-0.2, -0.15) is 0 Å². The molecule has 2 rings (SSSR count). The third-order valence-corrected chi connectivity index (χ3v) is 4.75. The van der Waals surface area contributed by atoms with Crippen LogP contribution < -0.4 is 0 Å². The molecule has 6 heteroatoms. The molecule has 0 saturated carbocycles. The highest BCUT2D eigenvalue weighted by molar-refractivity contribution is 7.09. The average molecular weight is 360 g/mol. The largest absolute Gasteiger partial charge is 0.464 e. The van der Waals surface area contributed by atoms with Gasteiger partial charge in [0, 0.05) is 17.5 Å². The van der Waals surface area contributed by atoms with E-state index in [1.165, 1.54) is 18.4 Å². The van der Waals surface area contributed by atoms with Crippen LogP contribution in [-0.4, -0.2) is 35.4 Å². The molecule has 0 aliphatic rings. The lowest BCUT2D eigenvalue weighted by Crippen LogP contribution is -2.32. The fourth-order valence-electron chi connectivity index (χ4n) is 2.39. The monoisotopic (exact) mass is 360 g/mol. The van der Waals surface area contributed by atoms with Gasteiger partial charge in [-0.15, -0.1) is 11.3 Å². The smallest absolute Gasteiger partial charge is 0.357 e. The molecule has 5 nitrogen and oxygen atoms in total. The fourth-order valence-corrected chi connectivity index (χ4v) is 3.17. The maximum Gasteiger partial charge on any atom is 0.357 e. The van der Waals surface area contributed by atoms with Crippen LogP contribution in [0.3, 0.4) is 0 Å². The van der Waals surface area contributed by atoms with Crippen LogP contribution in [0.1, 0.15) is 51.7 Å². The lowest BCUT2D eigenvalue weighted by atomic mass is 10.1. The van der Waals surface area contributed by atoms with Crippen LogP contribution in [0.4, 0.5) is 0 Å². The van der Waals surface area contributed by atoms with E-state index in [0.717, 1.165) is 17.0 Å². The van der Waals surface area contributed by atoms with Crippen LogP contribution in [0.15, 0.2) is 29.6 Å². The summed E-state index contributed by atoms with van der Waals surface area (Å²) in [5.41, 5.74) is 1.95. The van der Waals surface area contributed by atoms with Gasteiger partial charge in [-0.3, -0.25) is 4.79 Å². The standard InChI is InChI=1S/C19H24N2O3S/c1-13(2)9-10-21(18(22)15-8-6-5-7-14(15)3)11-17-20-16(12-25-17)19(23)24-4/h5-8,12-13H,9-11H2,1-4H3. The summed E-state index contributed by atoms with van der Waals surface area (Å²) in [5.74, 6) is 0.0316. The summed E-state index contributed by atoms with van der Waals surface area (Å²) in [6.45, 7) is 7.25. The summed E-state index contributed by atoms with van der Waals surface area (Å²) in [7, 11) is 1.33. The van der Waals surface area contributed by atoms with Gasteiger partial charge in [-0.1, -0.05) is 32.0 Å². The Morgan fingerprint density at radius 2 is 2.00 bits per heavy atom. The second-order valence-electron chi connectivity index (χ2n) is 6.34. The number of aryl methyl sites for hydroxylation is 1. The maximum absolute atomic E-state index is 13.0. The Balaban J connectivity index is 2.20. The van der Waals surface area contributed by atoms with Crippen LogP contribution in [0.25, 0.3) is 0 Å². The molecule has 0 unspecified atom stereocenters. The first-order chi connectivity index (χ1) is 11.9. The molecule has 0 saturated heterocycles.